The minimum Gasteiger partial charge on any atom is -0.396 e. The van der Waals surface area contributed by atoms with Crippen LogP contribution in [0.4, 0.5) is 0 Å². The van der Waals surface area contributed by atoms with E-state index in [0.717, 1.165) is 0 Å². The van der Waals surface area contributed by atoms with E-state index >= 15 is 0 Å². The number of aliphatic hydroxyl groups is 3. The zero-order valence-electron chi connectivity index (χ0n) is 7.61. The predicted octanol–water partition coefficient (Wildman–Crippen LogP) is -0.956. The fourth-order valence-corrected chi connectivity index (χ4v) is 1.18. The third kappa shape index (κ3) is 4.66. The molecule has 0 bridgehead atoms. The van der Waals surface area contributed by atoms with Gasteiger partial charge < -0.3 is 15.3 Å². The second-order valence-corrected chi connectivity index (χ2v) is 2.84. The van der Waals surface area contributed by atoms with Crippen molar-refractivity contribution in [2.45, 2.75) is 19.4 Å². The van der Waals surface area contributed by atoms with Gasteiger partial charge in [0.1, 0.15) is 0 Å². The first-order valence-electron chi connectivity index (χ1n) is 4.32. The van der Waals surface area contributed by atoms with Gasteiger partial charge in [-0.15, -0.1) is 0 Å². The van der Waals surface area contributed by atoms with Crippen LogP contribution < -0.4 is 0 Å². The highest BCUT2D eigenvalue weighted by Gasteiger charge is 2.11. The topological polar surface area (TPSA) is 63.9 Å². The minimum absolute atomic E-state index is 0.0930. The molecule has 0 fully saturated rings. The Hall–Kier alpha value is -0.160. The van der Waals surface area contributed by atoms with Crippen molar-refractivity contribution in [1.82, 2.24) is 4.90 Å². The third-order valence-corrected chi connectivity index (χ3v) is 1.94. The summed E-state index contributed by atoms with van der Waals surface area (Å²) in [7, 11) is 0. The van der Waals surface area contributed by atoms with E-state index in [1.807, 2.05) is 11.8 Å². The normalized spacial score (nSPS) is 13.8. The van der Waals surface area contributed by atoms with Gasteiger partial charge in [-0.3, -0.25) is 4.90 Å². The number of hydrogen-bond donors (Lipinski definition) is 3. The zero-order valence-corrected chi connectivity index (χ0v) is 7.61. The summed E-state index contributed by atoms with van der Waals surface area (Å²) in [5.74, 6) is 0. The van der Waals surface area contributed by atoms with Crippen LogP contribution in [0.3, 0.4) is 0 Å². The van der Waals surface area contributed by atoms with Crippen molar-refractivity contribution in [2.24, 2.45) is 0 Å². The van der Waals surface area contributed by atoms with E-state index in [1.165, 1.54) is 0 Å². The lowest BCUT2D eigenvalue weighted by atomic mass is 10.2. The van der Waals surface area contributed by atoms with Gasteiger partial charge in [-0.25, -0.2) is 0 Å². The van der Waals surface area contributed by atoms with Crippen LogP contribution in [-0.2, 0) is 0 Å². The summed E-state index contributed by atoms with van der Waals surface area (Å²) in [4.78, 5) is 1.95. The second-order valence-electron chi connectivity index (χ2n) is 2.84. The fourth-order valence-electron chi connectivity index (χ4n) is 1.18. The van der Waals surface area contributed by atoms with Gasteiger partial charge in [0, 0.05) is 25.7 Å². The molecule has 0 rings (SSSR count). The molecule has 4 heteroatoms. The summed E-state index contributed by atoms with van der Waals surface area (Å²) in [5, 5.41) is 26.1. The molecule has 0 aliphatic rings. The highest BCUT2D eigenvalue weighted by Crippen LogP contribution is 2.01. The SMILES string of the molecule is CC(CCO)N(CCO)CCO. The van der Waals surface area contributed by atoms with Crippen molar-refractivity contribution in [3.05, 3.63) is 0 Å². The Balaban J connectivity index is 3.72. The lowest BCUT2D eigenvalue weighted by Gasteiger charge is -2.26. The van der Waals surface area contributed by atoms with Crippen molar-refractivity contribution in [2.75, 3.05) is 32.9 Å². The van der Waals surface area contributed by atoms with Crippen LogP contribution in [0, 0.1) is 0 Å². The summed E-state index contributed by atoms with van der Waals surface area (Å²) < 4.78 is 0. The van der Waals surface area contributed by atoms with Gasteiger partial charge in [0.05, 0.1) is 13.2 Å². The quantitative estimate of drug-likeness (QED) is 0.469. The molecule has 1 atom stereocenters. The molecule has 74 valence electrons. The first-order chi connectivity index (χ1) is 5.76. The monoisotopic (exact) mass is 177 g/mol. The number of aliphatic hydroxyl groups excluding tert-OH is 3. The molecule has 0 amide bonds. The zero-order chi connectivity index (χ0) is 9.40. The van der Waals surface area contributed by atoms with Crippen LogP contribution in [0.2, 0.25) is 0 Å². The fraction of sp³-hybridized carbons (Fsp3) is 1.00. The number of rotatable bonds is 7. The molecule has 4 nitrogen and oxygen atoms in total. The first kappa shape index (κ1) is 11.8. The van der Waals surface area contributed by atoms with Crippen molar-refractivity contribution >= 4 is 0 Å². The molecule has 0 heterocycles. The largest absolute Gasteiger partial charge is 0.396 e. The Labute approximate surface area is 73.4 Å². The average Bonchev–Trinajstić information content (AvgIpc) is 2.04. The predicted molar refractivity (Wildman–Crippen MR) is 46.9 cm³/mol. The third-order valence-electron chi connectivity index (χ3n) is 1.94. The van der Waals surface area contributed by atoms with Crippen LogP contribution >= 0.6 is 0 Å². The molecule has 0 aromatic rings. The number of hydrogen-bond acceptors (Lipinski definition) is 4. The molecule has 0 aliphatic carbocycles. The van der Waals surface area contributed by atoms with Gasteiger partial charge >= 0.3 is 0 Å². The molecule has 12 heavy (non-hydrogen) atoms. The maximum atomic E-state index is 8.69. The van der Waals surface area contributed by atoms with E-state index in [-0.39, 0.29) is 25.9 Å². The highest BCUT2D eigenvalue weighted by atomic mass is 16.3. The van der Waals surface area contributed by atoms with E-state index in [1.54, 1.807) is 0 Å². The second kappa shape index (κ2) is 7.49. The van der Waals surface area contributed by atoms with Crippen LogP contribution in [-0.4, -0.2) is 59.2 Å². The molecular formula is C8H19NO3. The molecule has 0 aliphatic heterocycles. The van der Waals surface area contributed by atoms with Crippen LogP contribution in [0.1, 0.15) is 13.3 Å². The van der Waals surface area contributed by atoms with E-state index in [9.17, 15) is 0 Å². The maximum Gasteiger partial charge on any atom is 0.0558 e. The Morgan fingerprint density at radius 1 is 1.00 bits per heavy atom. The van der Waals surface area contributed by atoms with Crippen molar-refractivity contribution < 1.29 is 15.3 Å². The van der Waals surface area contributed by atoms with E-state index in [2.05, 4.69) is 0 Å². The maximum absolute atomic E-state index is 8.69. The molecule has 0 aromatic carbocycles. The summed E-state index contributed by atoms with van der Waals surface area (Å²) >= 11 is 0. The van der Waals surface area contributed by atoms with E-state index in [0.29, 0.717) is 19.5 Å². The lowest BCUT2D eigenvalue weighted by Crippen LogP contribution is -2.38. The molecular weight excluding hydrogens is 158 g/mol. The van der Waals surface area contributed by atoms with E-state index < -0.39 is 0 Å². The van der Waals surface area contributed by atoms with Gasteiger partial charge in [-0.1, -0.05) is 0 Å². The Morgan fingerprint density at radius 3 is 1.83 bits per heavy atom. The van der Waals surface area contributed by atoms with Gasteiger partial charge in [0.2, 0.25) is 0 Å². The average molecular weight is 177 g/mol. The van der Waals surface area contributed by atoms with Gasteiger partial charge in [-0.05, 0) is 13.3 Å². The van der Waals surface area contributed by atoms with Crippen molar-refractivity contribution in [3.8, 4) is 0 Å². The molecule has 0 aromatic heterocycles. The summed E-state index contributed by atoms with van der Waals surface area (Å²) in [6, 6.07) is 0.217. The Bertz CT molecular complexity index is 94.3. The summed E-state index contributed by atoms with van der Waals surface area (Å²) in [6.45, 7) is 3.42. The van der Waals surface area contributed by atoms with Crippen LogP contribution in [0.25, 0.3) is 0 Å². The molecule has 1 unspecified atom stereocenters. The molecule has 0 saturated carbocycles. The van der Waals surface area contributed by atoms with Crippen LogP contribution in [0.15, 0.2) is 0 Å². The van der Waals surface area contributed by atoms with Gasteiger partial charge in [-0.2, -0.15) is 0 Å². The van der Waals surface area contributed by atoms with Gasteiger partial charge in [0.15, 0.2) is 0 Å². The molecule has 0 radical (unpaired) electrons. The molecule has 0 saturated heterocycles. The highest BCUT2D eigenvalue weighted by molar-refractivity contribution is 4.65. The summed E-state index contributed by atoms with van der Waals surface area (Å²) in [5.41, 5.74) is 0. The standard InChI is InChI=1S/C8H19NO3/c1-8(2-5-10)9(3-6-11)4-7-12/h8,10-12H,2-7H2,1H3. The van der Waals surface area contributed by atoms with Gasteiger partial charge in [0.25, 0.3) is 0 Å². The summed E-state index contributed by atoms with van der Waals surface area (Å²) in [6.07, 6.45) is 0.681. The van der Waals surface area contributed by atoms with Crippen molar-refractivity contribution in [1.29, 1.82) is 0 Å². The number of nitrogens with zero attached hydrogens (tertiary/aromatic N) is 1. The first-order valence-corrected chi connectivity index (χ1v) is 4.32. The van der Waals surface area contributed by atoms with E-state index in [4.69, 9.17) is 15.3 Å². The Morgan fingerprint density at radius 2 is 1.50 bits per heavy atom. The lowest BCUT2D eigenvalue weighted by molar-refractivity contribution is 0.112. The van der Waals surface area contributed by atoms with Crippen molar-refractivity contribution in [3.63, 3.8) is 0 Å². The molecule has 0 spiro atoms. The molecule has 3 N–H and O–H groups in total. The smallest absolute Gasteiger partial charge is 0.0558 e. The van der Waals surface area contributed by atoms with Crippen LogP contribution in [0.5, 0.6) is 0 Å². The Kier molecular flexibility index (Phi) is 7.39. The minimum atomic E-state index is 0.0930.